The van der Waals surface area contributed by atoms with Crippen LogP contribution in [0.15, 0.2) is 0 Å². The SMILES string of the molecule is CC(C)C1CCC2CC1N2. The van der Waals surface area contributed by atoms with Gasteiger partial charge in [-0.2, -0.15) is 0 Å². The second-order valence-electron chi connectivity index (χ2n) is 4.19. The van der Waals surface area contributed by atoms with E-state index in [1.807, 2.05) is 0 Å². The van der Waals surface area contributed by atoms with Crippen molar-refractivity contribution in [3.05, 3.63) is 0 Å². The Morgan fingerprint density at radius 3 is 2.30 bits per heavy atom. The predicted octanol–water partition coefficient (Wildman–Crippen LogP) is 1.78. The molecule has 1 N–H and O–H groups in total. The molecule has 3 rings (SSSR count). The van der Waals surface area contributed by atoms with Crippen molar-refractivity contribution in [3.8, 4) is 0 Å². The zero-order valence-corrected chi connectivity index (χ0v) is 6.93. The largest absolute Gasteiger partial charge is 0.311 e. The molecule has 3 fully saturated rings. The standard InChI is InChI=1S/C9H17N/c1-6(2)8-4-3-7-5-9(8)10-7/h6-10H,3-5H2,1-2H3. The monoisotopic (exact) mass is 139 g/mol. The maximum atomic E-state index is 3.61. The minimum Gasteiger partial charge on any atom is -0.311 e. The van der Waals surface area contributed by atoms with E-state index in [-0.39, 0.29) is 0 Å². The van der Waals surface area contributed by atoms with Gasteiger partial charge < -0.3 is 5.32 Å². The molecular weight excluding hydrogens is 122 g/mol. The Labute approximate surface area is 63.2 Å². The van der Waals surface area contributed by atoms with Crippen molar-refractivity contribution in [1.82, 2.24) is 5.32 Å². The topological polar surface area (TPSA) is 12.0 Å². The van der Waals surface area contributed by atoms with Gasteiger partial charge in [-0.3, -0.25) is 0 Å². The summed E-state index contributed by atoms with van der Waals surface area (Å²) < 4.78 is 0. The molecule has 0 radical (unpaired) electrons. The van der Waals surface area contributed by atoms with E-state index < -0.39 is 0 Å². The molecule has 0 aromatic carbocycles. The first-order chi connectivity index (χ1) is 4.77. The third kappa shape index (κ3) is 0.878. The van der Waals surface area contributed by atoms with Gasteiger partial charge in [0.1, 0.15) is 0 Å². The number of rotatable bonds is 1. The Kier molecular flexibility index (Phi) is 1.48. The highest BCUT2D eigenvalue weighted by Crippen LogP contribution is 2.36. The molecule has 2 bridgehead atoms. The van der Waals surface area contributed by atoms with Crippen LogP contribution in [0.4, 0.5) is 0 Å². The van der Waals surface area contributed by atoms with E-state index in [0.29, 0.717) is 0 Å². The van der Waals surface area contributed by atoms with E-state index in [2.05, 4.69) is 19.2 Å². The quantitative estimate of drug-likeness (QED) is 0.584. The van der Waals surface area contributed by atoms with Crippen molar-refractivity contribution in [2.75, 3.05) is 0 Å². The summed E-state index contributed by atoms with van der Waals surface area (Å²) in [5, 5.41) is 3.61. The van der Waals surface area contributed by atoms with E-state index in [1.54, 1.807) is 0 Å². The molecule has 0 amide bonds. The van der Waals surface area contributed by atoms with Gasteiger partial charge in [0.2, 0.25) is 0 Å². The highest BCUT2D eigenvalue weighted by atomic mass is 15.1. The molecular formula is C9H17N. The van der Waals surface area contributed by atoms with Crippen LogP contribution in [0, 0.1) is 11.8 Å². The first-order valence-corrected chi connectivity index (χ1v) is 4.53. The van der Waals surface area contributed by atoms with Crippen LogP contribution in [0.5, 0.6) is 0 Å². The summed E-state index contributed by atoms with van der Waals surface area (Å²) in [5.41, 5.74) is 0. The van der Waals surface area contributed by atoms with Gasteiger partial charge in [-0.1, -0.05) is 13.8 Å². The Morgan fingerprint density at radius 1 is 1.30 bits per heavy atom. The number of hydrogen-bond acceptors (Lipinski definition) is 1. The van der Waals surface area contributed by atoms with Gasteiger partial charge in [0, 0.05) is 12.1 Å². The van der Waals surface area contributed by atoms with Gasteiger partial charge in [-0.15, -0.1) is 0 Å². The van der Waals surface area contributed by atoms with Gasteiger partial charge in [0.25, 0.3) is 0 Å². The van der Waals surface area contributed by atoms with Crippen LogP contribution in [0.1, 0.15) is 33.1 Å². The summed E-state index contributed by atoms with van der Waals surface area (Å²) in [5.74, 6) is 1.86. The highest BCUT2D eigenvalue weighted by Gasteiger charge is 2.40. The molecule has 1 aliphatic carbocycles. The lowest BCUT2D eigenvalue weighted by molar-refractivity contribution is 0.0834. The normalized spacial score (nSPS) is 45.3. The molecule has 58 valence electrons. The van der Waals surface area contributed by atoms with Crippen molar-refractivity contribution >= 4 is 0 Å². The fraction of sp³-hybridized carbons (Fsp3) is 1.00. The molecule has 2 aliphatic heterocycles. The second kappa shape index (κ2) is 2.23. The molecule has 3 unspecified atom stereocenters. The molecule has 0 aromatic rings. The van der Waals surface area contributed by atoms with Crippen LogP contribution in [-0.2, 0) is 0 Å². The summed E-state index contributed by atoms with van der Waals surface area (Å²) >= 11 is 0. The zero-order valence-electron chi connectivity index (χ0n) is 6.93. The van der Waals surface area contributed by atoms with Crippen LogP contribution in [0.3, 0.4) is 0 Å². The Bertz CT molecular complexity index is 122. The molecule has 1 nitrogen and oxygen atoms in total. The van der Waals surface area contributed by atoms with Crippen molar-refractivity contribution in [1.29, 1.82) is 0 Å². The number of fused-ring (bicyclic) bond motifs is 2. The molecule has 0 spiro atoms. The fourth-order valence-electron chi connectivity index (χ4n) is 2.48. The zero-order chi connectivity index (χ0) is 7.14. The van der Waals surface area contributed by atoms with Crippen LogP contribution in [0.2, 0.25) is 0 Å². The number of piperidine rings is 1. The maximum absolute atomic E-state index is 3.61. The third-order valence-electron chi connectivity index (χ3n) is 3.21. The lowest BCUT2D eigenvalue weighted by Crippen LogP contribution is -2.60. The van der Waals surface area contributed by atoms with Gasteiger partial charge >= 0.3 is 0 Å². The van der Waals surface area contributed by atoms with Crippen molar-refractivity contribution in [2.45, 2.75) is 45.2 Å². The van der Waals surface area contributed by atoms with E-state index in [0.717, 1.165) is 23.9 Å². The Hall–Kier alpha value is -0.0400. The summed E-state index contributed by atoms with van der Waals surface area (Å²) in [6, 6.07) is 1.79. The molecule has 2 heterocycles. The van der Waals surface area contributed by atoms with Crippen molar-refractivity contribution < 1.29 is 0 Å². The Balaban J connectivity index is 1.96. The molecule has 10 heavy (non-hydrogen) atoms. The first-order valence-electron chi connectivity index (χ1n) is 4.53. The molecule has 3 atom stereocenters. The minimum absolute atomic E-state index is 0.888. The average molecular weight is 139 g/mol. The molecule has 2 saturated heterocycles. The highest BCUT2D eigenvalue weighted by molar-refractivity contribution is 4.98. The fourth-order valence-corrected chi connectivity index (χ4v) is 2.48. The first kappa shape index (κ1) is 6.66. The lowest BCUT2D eigenvalue weighted by Gasteiger charge is -2.49. The minimum atomic E-state index is 0.888. The smallest absolute Gasteiger partial charge is 0.0115 e. The maximum Gasteiger partial charge on any atom is 0.0115 e. The third-order valence-corrected chi connectivity index (χ3v) is 3.21. The molecule has 1 saturated carbocycles. The van der Waals surface area contributed by atoms with Gasteiger partial charge in [0.15, 0.2) is 0 Å². The summed E-state index contributed by atoms with van der Waals surface area (Å²) in [4.78, 5) is 0. The Morgan fingerprint density at radius 2 is 2.00 bits per heavy atom. The second-order valence-corrected chi connectivity index (χ2v) is 4.19. The lowest BCUT2D eigenvalue weighted by atomic mass is 9.70. The van der Waals surface area contributed by atoms with Crippen molar-refractivity contribution in [3.63, 3.8) is 0 Å². The predicted molar refractivity (Wildman–Crippen MR) is 42.9 cm³/mol. The summed E-state index contributed by atoms with van der Waals surface area (Å²) in [6.45, 7) is 4.70. The van der Waals surface area contributed by atoms with Crippen LogP contribution < -0.4 is 5.32 Å². The van der Waals surface area contributed by atoms with Crippen LogP contribution >= 0.6 is 0 Å². The molecule has 1 heteroatoms. The van der Waals surface area contributed by atoms with Crippen LogP contribution in [0.25, 0.3) is 0 Å². The van der Waals surface area contributed by atoms with E-state index >= 15 is 0 Å². The van der Waals surface area contributed by atoms with Crippen molar-refractivity contribution in [2.24, 2.45) is 11.8 Å². The summed E-state index contributed by atoms with van der Waals surface area (Å²) in [6.07, 6.45) is 4.36. The molecule has 0 aromatic heterocycles. The number of hydrogen-bond donors (Lipinski definition) is 1. The molecule has 3 aliphatic rings. The van der Waals surface area contributed by atoms with Crippen LogP contribution in [-0.4, -0.2) is 12.1 Å². The van der Waals surface area contributed by atoms with E-state index in [9.17, 15) is 0 Å². The average Bonchev–Trinajstić information content (AvgIpc) is 1.86. The van der Waals surface area contributed by atoms with Gasteiger partial charge in [-0.25, -0.2) is 0 Å². The van der Waals surface area contributed by atoms with Gasteiger partial charge in [-0.05, 0) is 31.1 Å². The number of nitrogens with one attached hydrogen (secondary N) is 1. The van der Waals surface area contributed by atoms with E-state index in [4.69, 9.17) is 0 Å². The van der Waals surface area contributed by atoms with E-state index in [1.165, 1.54) is 19.3 Å². The summed E-state index contributed by atoms with van der Waals surface area (Å²) in [7, 11) is 0. The van der Waals surface area contributed by atoms with Gasteiger partial charge in [0.05, 0.1) is 0 Å².